The van der Waals surface area contributed by atoms with Gasteiger partial charge >= 0.3 is 0 Å². The van der Waals surface area contributed by atoms with Gasteiger partial charge in [0.15, 0.2) is 5.76 Å². The Balaban J connectivity index is 2.49. The van der Waals surface area contributed by atoms with Crippen LogP contribution in [0.15, 0.2) is 41.0 Å². The number of furan rings is 1. The fourth-order valence-electron chi connectivity index (χ4n) is 1.36. The van der Waals surface area contributed by atoms with Gasteiger partial charge in [0, 0.05) is 10.6 Å². The van der Waals surface area contributed by atoms with Gasteiger partial charge in [-0.05, 0) is 23.8 Å². The minimum absolute atomic E-state index is 0.164. The molecule has 2 rings (SSSR count). The summed E-state index contributed by atoms with van der Waals surface area (Å²) in [5.74, 6) is -0.415. The highest BCUT2D eigenvalue weighted by atomic mass is 35.5. The zero-order chi connectivity index (χ0) is 10.8. The van der Waals surface area contributed by atoms with Crippen molar-refractivity contribution in [1.82, 2.24) is 0 Å². The van der Waals surface area contributed by atoms with Gasteiger partial charge in [0.05, 0.1) is 6.26 Å². The fraction of sp³-hybridized carbons (Fsp3) is 0. The summed E-state index contributed by atoms with van der Waals surface area (Å²) in [6, 6.07) is 8.80. The summed E-state index contributed by atoms with van der Waals surface area (Å²) in [5.41, 5.74) is 6.70. The number of hydrogen-bond donors (Lipinski definition) is 1. The maximum atomic E-state index is 11.0. The molecule has 2 aromatic rings. The van der Waals surface area contributed by atoms with Crippen LogP contribution in [0.2, 0.25) is 5.02 Å². The number of primary amides is 1. The lowest BCUT2D eigenvalue weighted by molar-refractivity contribution is 0.0975. The molecule has 0 aliphatic carbocycles. The number of rotatable bonds is 2. The van der Waals surface area contributed by atoms with E-state index >= 15 is 0 Å². The van der Waals surface area contributed by atoms with E-state index in [0.717, 1.165) is 5.56 Å². The summed E-state index contributed by atoms with van der Waals surface area (Å²) in [7, 11) is 0. The molecule has 0 bridgehead atoms. The van der Waals surface area contributed by atoms with Gasteiger partial charge in [-0.3, -0.25) is 4.79 Å². The summed E-state index contributed by atoms with van der Waals surface area (Å²) < 4.78 is 5.00. The SMILES string of the molecule is NC(=O)c1occc1-c1ccc(Cl)cc1. The Morgan fingerprint density at radius 1 is 1.20 bits per heavy atom. The van der Waals surface area contributed by atoms with Gasteiger partial charge in [-0.2, -0.15) is 0 Å². The van der Waals surface area contributed by atoms with Gasteiger partial charge < -0.3 is 10.2 Å². The maximum absolute atomic E-state index is 11.0. The molecule has 0 spiro atoms. The molecule has 1 heterocycles. The Kier molecular flexibility index (Phi) is 2.47. The van der Waals surface area contributed by atoms with Gasteiger partial charge in [-0.1, -0.05) is 23.7 Å². The van der Waals surface area contributed by atoms with E-state index in [1.54, 1.807) is 30.3 Å². The molecule has 4 heteroatoms. The average Bonchev–Trinajstić information content (AvgIpc) is 2.67. The lowest BCUT2D eigenvalue weighted by Gasteiger charge is -1.99. The van der Waals surface area contributed by atoms with Crippen LogP contribution < -0.4 is 5.73 Å². The third kappa shape index (κ3) is 1.87. The van der Waals surface area contributed by atoms with Gasteiger partial charge in [-0.15, -0.1) is 0 Å². The van der Waals surface area contributed by atoms with Crippen molar-refractivity contribution in [1.29, 1.82) is 0 Å². The third-order valence-corrected chi connectivity index (χ3v) is 2.30. The van der Waals surface area contributed by atoms with Crippen LogP contribution in [-0.4, -0.2) is 5.91 Å². The second-order valence-corrected chi connectivity index (χ2v) is 3.47. The molecule has 0 fully saturated rings. The smallest absolute Gasteiger partial charge is 0.285 e. The van der Waals surface area contributed by atoms with E-state index in [0.29, 0.717) is 10.6 Å². The maximum Gasteiger partial charge on any atom is 0.285 e. The standard InChI is InChI=1S/C11H8ClNO2/c12-8-3-1-7(2-4-8)9-5-6-15-10(9)11(13)14/h1-6H,(H2,13,14). The summed E-state index contributed by atoms with van der Waals surface area (Å²) in [4.78, 5) is 11.0. The highest BCUT2D eigenvalue weighted by Crippen LogP contribution is 2.25. The van der Waals surface area contributed by atoms with Crippen LogP contribution in [0.25, 0.3) is 11.1 Å². The topological polar surface area (TPSA) is 56.2 Å². The van der Waals surface area contributed by atoms with Crippen molar-refractivity contribution in [3.63, 3.8) is 0 Å². The van der Waals surface area contributed by atoms with Crippen LogP contribution in [0.5, 0.6) is 0 Å². The number of halogens is 1. The first kappa shape index (κ1) is 9.80. The van der Waals surface area contributed by atoms with E-state index in [4.69, 9.17) is 21.8 Å². The van der Waals surface area contributed by atoms with Crippen molar-refractivity contribution in [3.8, 4) is 11.1 Å². The molecule has 2 N–H and O–H groups in total. The Morgan fingerprint density at radius 3 is 2.47 bits per heavy atom. The van der Waals surface area contributed by atoms with Gasteiger partial charge in [0.1, 0.15) is 0 Å². The van der Waals surface area contributed by atoms with Crippen LogP contribution in [0, 0.1) is 0 Å². The average molecular weight is 222 g/mol. The van der Waals surface area contributed by atoms with E-state index in [1.807, 2.05) is 0 Å². The Hall–Kier alpha value is -1.74. The van der Waals surface area contributed by atoms with Crippen molar-refractivity contribution in [2.75, 3.05) is 0 Å². The second kappa shape index (κ2) is 3.79. The summed E-state index contributed by atoms with van der Waals surface area (Å²) in [6.45, 7) is 0. The quantitative estimate of drug-likeness (QED) is 0.848. The monoisotopic (exact) mass is 221 g/mol. The van der Waals surface area contributed by atoms with Crippen LogP contribution in [0.4, 0.5) is 0 Å². The molecule has 3 nitrogen and oxygen atoms in total. The number of amides is 1. The minimum atomic E-state index is -0.579. The second-order valence-electron chi connectivity index (χ2n) is 3.03. The first-order valence-corrected chi connectivity index (χ1v) is 4.69. The molecule has 76 valence electrons. The molecule has 1 amide bonds. The largest absolute Gasteiger partial charge is 0.459 e. The van der Waals surface area contributed by atoms with Crippen LogP contribution in [0.3, 0.4) is 0 Å². The van der Waals surface area contributed by atoms with Gasteiger partial charge in [0.2, 0.25) is 0 Å². The van der Waals surface area contributed by atoms with Crippen LogP contribution in [0.1, 0.15) is 10.6 Å². The highest BCUT2D eigenvalue weighted by Gasteiger charge is 2.13. The zero-order valence-corrected chi connectivity index (χ0v) is 8.49. The van der Waals surface area contributed by atoms with E-state index in [2.05, 4.69) is 0 Å². The van der Waals surface area contributed by atoms with Crippen molar-refractivity contribution < 1.29 is 9.21 Å². The van der Waals surface area contributed by atoms with Crippen LogP contribution in [-0.2, 0) is 0 Å². The number of benzene rings is 1. The van der Waals surface area contributed by atoms with E-state index in [9.17, 15) is 4.79 Å². The molecule has 0 radical (unpaired) electrons. The summed E-state index contributed by atoms with van der Waals surface area (Å²) >= 11 is 5.76. The van der Waals surface area contributed by atoms with E-state index in [1.165, 1.54) is 6.26 Å². The molecule has 0 saturated heterocycles. The first-order chi connectivity index (χ1) is 7.18. The molecule has 0 atom stereocenters. The summed E-state index contributed by atoms with van der Waals surface area (Å²) in [6.07, 6.45) is 1.43. The lowest BCUT2D eigenvalue weighted by Crippen LogP contribution is -2.10. The molecule has 0 aliphatic rings. The number of nitrogens with two attached hydrogens (primary N) is 1. The zero-order valence-electron chi connectivity index (χ0n) is 7.74. The number of carbonyl (C=O) groups excluding carboxylic acids is 1. The Labute approximate surface area is 91.5 Å². The Morgan fingerprint density at radius 2 is 1.87 bits per heavy atom. The number of hydrogen-bond acceptors (Lipinski definition) is 2. The van der Waals surface area contributed by atoms with E-state index in [-0.39, 0.29) is 5.76 Å². The first-order valence-electron chi connectivity index (χ1n) is 4.31. The molecule has 0 unspecified atom stereocenters. The third-order valence-electron chi connectivity index (χ3n) is 2.04. The lowest BCUT2D eigenvalue weighted by atomic mass is 10.1. The Bertz CT molecular complexity index is 488. The van der Waals surface area contributed by atoms with Crippen molar-refractivity contribution in [2.45, 2.75) is 0 Å². The predicted molar refractivity (Wildman–Crippen MR) is 57.7 cm³/mol. The normalized spacial score (nSPS) is 10.2. The van der Waals surface area contributed by atoms with Crippen molar-refractivity contribution in [2.24, 2.45) is 5.73 Å². The van der Waals surface area contributed by atoms with Gasteiger partial charge in [-0.25, -0.2) is 0 Å². The molecule has 0 saturated carbocycles. The molecular formula is C11H8ClNO2. The van der Waals surface area contributed by atoms with Crippen LogP contribution >= 0.6 is 11.6 Å². The fourth-order valence-corrected chi connectivity index (χ4v) is 1.48. The van der Waals surface area contributed by atoms with E-state index < -0.39 is 5.91 Å². The number of carbonyl (C=O) groups is 1. The molecule has 15 heavy (non-hydrogen) atoms. The van der Waals surface area contributed by atoms with Crippen molar-refractivity contribution in [3.05, 3.63) is 47.4 Å². The van der Waals surface area contributed by atoms with Gasteiger partial charge in [0.25, 0.3) is 5.91 Å². The highest BCUT2D eigenvalue weighted by molar-refractivity contribution is 6.30. The molecule has 0 aliphatic heterocycles. The molecular weight excluding hydrogens is 214 g/mol. The molecule has 1 aromatic heterocycles. The minimum Gasteiger partial charge on any atom is -0.459 e. The summed E-state index contributed by atoms with van der Waals surface area (Å²) in [5, 5.41) is 0.642. The molecule has 1 aromatic carbocycles. The predicted octanol–water partition coefficient (Wildman–Crippen LogP) is 2.70. The van der Waals surface area contributed by atoms with Crippen molar-refractivity contribution >= 4 is 17.5 Å².